The third-order valence-electron chi connectivity index (χ3n) is 2.80. The van der Waals surface area contributed by atoms with E-state index in [4.69, 9.17) is 16.7 Å². The Balaban J connectivity index is 3.23. The number of rotatable bonds is 5. The van der Waals surface area contributed by atoms with Crippen LogP contribution in [0.25, 0.3) is 0 Å². The fourth-order valence-corrected chi connectivity index (χ4v) is 3.09. The molecule has 0 aliphatic rings. The lowest BCUT2D eigenvalue weighted by Gasteiger charge is -2.26. The van der Waals surface area contributed by atoms with Crippen LogP contribution >= 0.6 is 11.6 Å². The highest BCUT2D eigenvalue weighted by Gasteiger charge is 2.21. The highest BCUT2D eigenvalue weighted by Crippen LogP contribution is 2.23. The molecule has 20 heavy (non-hydrogen) atoms. The molecule has 0 heterocycles. The first-order valence-electron chi connectivity index (χ1n) is 6.10. The van der Waals surface area contributed by atoms with E-state index in [-0.39, 0.29) is 40.6 Å². The zero-order valence-corrected chi connectivity index (χ0v) is 13.2. The van der Waals surface area contributed by atoms with Crippen molar-refractivity contribution >= 4 is 27.3 Å². The fraction of sp³-hybridized carbons (Fsp3) is 0.462. The molecule has 5 nitrogen and oxygen atoms in total. The number of sulfone groups is 1. The van der Waals surface area contributed by atoms with Crippen LogP contribution in [-0.4, -0.2) is 49.8 Å². The number of hydrogen-bond donors (Lipinski definition) is 1. The predicted molar refractivity (Wildman–Crippen MR) is 77.8 cm³/mol. The van der Waals surface area contributed by atoms with Gasteiger partial charge in [-0.05, 0) is 32.0 Å². The molecule has 0 saturated heterocycles. The molecule has 0 atom stereocenters. The van der Waals surface area contributed by atoms with Gasteiger partial charge in [0.05, 0.1) is 16.5 Å². The highest BCUT2D eigenvalue weighted by molar-refractivity contribution is 7.90. The number of aliphatic hydroxyl groups excluding tert-OH is 1. The number of carbonyl (C=O) groups is 1. The summed E-state index contributed by atoms with van der Waals surface area (Å²) in [7, 11) is -3.50. The molecule has 1 N–H and O–H groups in total. The van der Waals surface area contributed by atoms with Gasteiger partial charge in [-0.25, -0.2) is 8.42 Å². The van der Waals surface area contributed by atoms with Gasteiger partial charge in [0.25, 0.3) is 5.91 Å². The van der Waals surface area contributed by atoms with Gasteiger partial charge in [-0.15, -0.1) is 0 Å². The maximum Gasteiger partial charge on any atom is 0.254 e. The van der Waals surface area contributed by atoms with Gasteiger partial charge in [0.1, 0.15) is 0 Å². The van der Waals surface area contributed by atoms with Crippen molar-refractivity contribution in [3.8, 4) is 0 Å². The summed E-state index contributed by atoms with van der Waals surface area (Å²) in [5.74, 6) is -0.337. The molecule has 0 saturated carbocycles. The van der Waals surface area contributed by atoms with Crippen LogP contribution in [-0.2, 0) is 9.84 Å². The van der Waals surface area contributed by atoms with Gasteiger partial charge in [0.15, 0.2) is 9.84 Å². The summed E-state index contributed by atoms with van der Waals surface area (Å²) in [6, 6.07) is 4.04. The molecule has 1 aromatic carbocycles. The normalized spacial score (nSPS) is 11.7. The Morgan fingerprint density at radius 2 is 2.00 bits per heavy atom. The highest BCUT2D eigenvalue weighted by atomic mass is 35.5. The van der Waals surface area contributed by atoms with Crippen molar-refractivity contribution in [3.05, 3.63) is 28.8 Å². The molecule has 0 aliphatic carbocycles. The summed E-state index contributed by atoms with van der Waals surface area (Å²) < 4.78 is 23.2. The summed E-state index contributed by atoms with van der Waals surface area (Å²) in [6.45, 7) is 3.67. The lowest BCUT2D eigenvalue weighted by Crippen LogP contribution is -2.39. The number of aliphatic hydroxyl groups is 1. The van der Waals surface area contributed by atoms with Crippen molar-refractivity contribution in [1.82, 2.24) is 4.90 Å². The molecule has 0 fully saturated rings. The fourth-order valence-electron chi connectivity index (χ4n) is 1.79. The SMILES string of the molecule is CC(C)N(CCO)C(=O)c1ccc(Cl)c(S(C)(=O)=O)c1. The van der Waals surface area contributed by atoms with Gasteiger partial charge >= 0.3 is 0 Å². The van der Waals surface area contributed by atoms with Crippen molar-refractivity contribution in [2.45, 2.75) is 24.8 Å². The minimum atomic E-state index is -3.50. The standard InChI is InChI=1S/C13H18ClNO4S/c1-9(2)15(6-7-16)13(17)10-4-5-11(14)12(8-10)20(3,18)19/h4-5,8-9,16H,6-7H2,1-3H3. The van der Waals surface area contributed by atoms with Crippen molar-refractivity contribution in [1.29, 1.82) is 0 Å². The van der Waals surface area contributed by atoms with E-state index in [1.165, 1.54) is 23.1 Å². The van der Waals surface area contributed by atoms with E-state index >= 15 is 0 Å². The minimum Gasteiger partial charge on any atom is -0.395 e. The monoisotopic (exact) mass is 319 g/mol. The smallest absolute Gasteiger partial charge is 0.254 e. The third kappa shape index (κ3) is 3.94. The van der Waals surface area contributed by atoms with Gasteiger partial charge < -0.3 is 10.0 Å². The van der Waals surface area contributed by atoms with Crippen LogP contribution < -0.4 is 0 Å². The topological polar surface area (TPSA) is 74.7 Å². The summed E-state index contributed by atoms with van der Waals surface area (Å²) in [5.41, 5.74) is 0.233. The van der Waals surface area contributed by atoms with Gasteiger partial charge in [0, 0.05) is 24.4 Å². The first kappa shape index (κ1) is 16.9. The second-order valence-electron chi connectivity index (χ2n) is 4.73. The Hall–Kier alpha value is -1.11. The number of nitrogens with zero attached hydrogens (tertiary/aromatic N) is 1. The van der Waals surface area contributed by atoms with Crippen LogP contribution in [0.5, 0.6) is 0 Å². The third-order valence-corrected chi connectivity index (χ3v) is 4.38. The molecular formula is C13H18ClNO4S. The second kappa shape index (κ2) is 6.56. The molecule has 1 amide bonds. The number of carbonyl (C=O) groups excluding carboxylic acids is 1. The molecule has 0 unspecified atom stereocenters. The van der Waals surface area contributed by atoms with Crippen LogP contribution in [0.4, 0.5) is 0 Å². The average Bonchev–Trinajstić information content (AvgIpc) is 2.34. The molecule has 0 spiro atoms. The van der Waals surface area contributed by atoms with E-state index in [2.05, 4.69) is 0 Å². The number of amides is 1. The van der Waals surface area contributed by atoms with E-state index in [0.717, 1.165) is 6.26 Å². The summed E-state index contributed by atoms with van der Waals surface area (Å²) in [6.07, 6.45) is 1.04. The molecule has 1 aromatic rings. The number of halogens is 1. The molecule has 112 valence electrons. The van der Waals surface area contributed by atoms with Crippen molar-refractivity contribution in [2.75, 3.05) is 19.4 Å². The first-order chi connectivity index (χ1) is 9.18. The Morgan fingerprint density at radius 3 is 2.45 bits per heavy atom. The molecule has 0 radical (unpaired) electrons. The van der Waals surface area contributed by atoms with Crippen LogP contribution in [0.3, 0.4) is 0 Å². The van der Waals surface area contributed by atoms with Gasteiger partial charge in [-0.3, -0.25) is 4.79 Å². The van der Waals surface area contributed by atoms with E-state index in [0.29, 0.717) is 0 Å². The van der Waals surface area contributed by atoms with Crippen LogP contribution in [0.15, 0.2) is 23.1 Å². The van der Waals surface area contributed by atoms with E-state index in [1.807, 2.05) is 13.8 Å². The summed E-state index contributed by atoms with van der Waals surface area (Å²) in [5, 5.41) is 9.08. The number of hydrogen-bond acceptors (Lipinski definition) is 4. The summed E-state index contributed by atoms with van der Waals surface area (Å²) >= 11 is 5.84. The van der Waals surface area contributed by atoms with Crippen molar-refractivity contribution in [2.24, 2.45) is 0 Å². The van der Waals surface area contributed by atoms with Crippen LogP contribution in [0.2, 0.25) is 5.02 Å². The minimum absolute atomic E-state index is 0.0716. The van der Waals surface area contributed by atoms with Gasteiger partial charge in [-0.2, -0.15) is 0 Å². The van der Waals surface area contributed by atoms with Crippen molar-refractivity contribution < 1.29 is 18.3 Å². The Bertz CT molecular complexity index is 598. The van der Waals surface area contributed by atoms with Crippen LogP contribution in [0.1, 0.15) is 24.2 Å². The maximum atomic E-state index is 12.3. The quantitative estimate of drug-likeness (QED) is 0.894. The predicted octanol–water partition coefficient (Wildman–Crippen LogP) is 1.59. The van der Waals surface area contributed by atoms with Crippen molar-refractivity contribution in [3.63, 3.8) is 0 Å². The van der Waals surface area contributed by atoms with Gasteiger partial charge in [-0.1, -0.05) is 11.6 Å². The molecule has 0 aromatic heterocycles. The van der Waals surface area contributed by atoms with Gasteiger partial charge in [0.2, 0.25) is 0 Å². The molecular weight excluding hydrogens is 302 g/mol. The maximum absolute atomic E-state index is 12.3. The Labute approximate surface area is 124 Å². The van der Waals surface area contributed by atoms with E-state index in [1.54, 1.807) is 0 Å². The lowest BCUT2D eigenvalue weighted by molar-refractivity contribution is 0.0665. The molecule has 0 bridgehead atoms. The first-order valence-corrected chi connectivity index (χ1v) is 8.37. The largest absolute Gasteiger partial charge is 0.395 e. The zero-order valence-electron chi connectivity index (χ0n) is 11.6. The summed E-state index contributed by atoms with van der Waals surface area (Å²) in [4.78, 5) is 13.7. The Morgan fingerprint density at radius 1 is 1.40 bits per heavy atom. The zero-order chi connectivity index (χ0) is 15.5. The van der Waals surface area contributed by atoms with E-state index in [9.17, 15) is 13.2 Å². The Kier molecular flexibility index (Phi) is 5.56. The molecule has 1 rings (SSSR count). The second-order valence-corrected chi connectivity index (χ2v) is 7.12. The average molecular weight is 320 g/mol. The molecule has 0 aliphatic heterocycles. The number of benzene rings is 1. The molecule has 7 heteroatoms. The van der Waals surface area contributed by atoms with E-state index < -0.39 is 9.84 Å². The lowest BCUT2D eigenvalue weighted by atomic mass is 10.1. The van der Waals surface area contributed by atoms with Crippen LogP contribution in [0, 0.1) is 0 Å².